The molecule has 0 spiro atoms. The molecule has 0 aromatic rings. The van der Waals surface area contributed by atoms with E-state index in [1.54, 1.807) is 0 Å². The zero-order valence-corrected chi connectivity index (χ0v) is 4.24. The molecule has 0 saturated heterocycles. The summed E-state index contributed by atoms with van der Waals surface area (Å²) in [4.78, 5) is 0. The van der Waals surface area contributed by atoms with Crippen molar-refractivity contribution in [2.45, 2.75) is 4.56 Å². The van der Waals surface area contributed by atoms with Crippen LogP contribution in [0.4, 0.5) is 0 Å². The molecule has 1 rings (SSSR count). The van der Waals surface area contributed by atoms with E-state index in [1.165, 1.54) is 6.21 Å². The summed E-state index contributed by atoms with van der Waals surface area (Å²) in [6.07, 6.45) is 1.30. The first kappa shape index (κ1) is 4.90. The van der Waals surface area contributed by atoms with Crippen molar-refractivity contribution in [3.05, 3.63) is 0 Å². The zero-order chi connectivity index (χ0) is 5.33. The zero-order valence-electron chi connectivity index (χ0n) is 3.30. The van der Waals surface area contributed by atoms with Crippen LogP contribution in [-0.2, 0) is 16.0 Å². The van der Waals surface area contributed by atoms with Crippen molar-refractivity contribution in [2.24, 2.45) is 21.2 Å². The Morgan fingerprint density at radius 1 is 1.71 bits per heavy atom. The van der Waals surface area contributed by atoms with Crippen LogP contribution in [-0.4, -0.2) is 10.8 Å². The molecule has 1 aliphatic heterocycles. The van der Waals surface area contributed by atoms with Crippen LogP contribution in [0, 0.1) is 0 Å². The fraction of sp³-hybridized carbons (Fsp3) is 0.500. The second-order valence-electron chi connectivity index (χ2n) is 1.10. The van der Waals surface area contributed by atoms with Gasteiger partial charge in [-0.05, 0) is 0 Å². The monoisotopic (exact) mass is 146 g/mol. The first-order valence-corrected chi connectivity index (χ1v) is 2.08. The molecule has 0 amide bonds. The Morgan fingerprint density at radius 2 is 2.43 bits per heavy atom. The molecular formula is C2H3CuN4. The van der Waals surface area contributed by atoms with Gasteiger partial charge in [-0.3, -0.25) is 0 Å². The van der Waals surface area contributed by atoms with Gasteiger partial charge in [-0.2, -0.15) is 0 Å². The van der Waals surface area contributed by atoms with Gasteiger partial charge in [0.25, 0.3) is 0 Å². The average Bonchev–Trinajstić information content (AvgIpc) is 1.84. The van der Waals surface area contributed by atoms with E-state index in [-0.39, 0.29) is 0 Å². The number of hydrogen-bond donors (Lipinski definition) is 1. The fourth-order valence-corrected chi connectivity index (χ4v) is 0.316. The van der Waals surface area contributed by atoms with Crippen LogP contribution >= 0.6 is 0 Å². The van der Waals surface area contributed by atoms with Gasteiger partial charge in [-0.15, -0.1) is 0 Å². The molecule has 2 N–H and O–H groups in total. The number of nitrogens with zero attached hydrogens (tertiary/aromatic N) is 3. The second-order valence-corrected chi connectivity index (χ2v) is 1.85. The molecule has 0 fully saturated rings. The second kappa shape index (κ2) is 1.36. The van der Waals surface area contributed by atoms with Crippen molar-refractivity contribution >= 4 is 6.21 Å². The third-order valence-electron chi connectivity index (χ3n) is 0.471. The van der Waals surface area contributed by atoms with E-state index in [4.69, 9.17) is 21.7 Å². The minimum absolute atomic E-state index is 1.08. The average molecular weight is 147 g/mol. The normalized spacial score (nSPS) is 37.6. The van der Waals surface area contributed by atoms with Crippen molar-refractivity contribution in [1.29, 1.82) is 0 Å². The Balaban J connectivity index is 2.77. The van der Waals surface area contributed by atoms with E-state index in [0.29, 0.717) is 0 Å². The summed E-state index contributed by atoms with van der Waals surface area (Å²) >= 11 is 4.72. The number of hydrogen-bond acceptors (Lipinski definition) is 4. The predicted octanol–water partition coefficient (Wildman–Crippen LogP) is -0.403. The molecule has 0 radical (unpaired) electrons. The third kappa shape index (κ3) is 1.06. The van der Waals surface area contributed by atoms with Crippen molar-refractivity contribution < 1.29 is 16.0 Å². The Labute approximate surface area is 48.7 Å². The minimum atomic E-state index is -1.08. The molecule has 1 aliphatic rings. The molecule has 0 saturated carbocycles. The van der Waals surface area contributed by atoms with Gasteiger partial charge in [-0.25, -0.2) is 0 Å². The van der Waals surface area contributed by atoms with Crippen LogP contribution in [0.15, 0.2) is 15.4 Å². The Morgan fingerprint density at radius 3 is 2.57 bits per heavy atom. The summed E-state index contributed by atoms with van der Waals surface area (Å²) < 4.78 is -1.08. The molecule has 5 heteroatoms. The molecular weight excluding hydrogens is 144 g/mol. The summed E-state index contributed by atoms with van der Waals surface area (Å²) in [7, 11) is 0. The predicted molar refractivity (Wildman–Crippen MR) is 20.3 cm³/mol. The summed E-state index contributed by atoms with van der Waals surface area (Å²) in [6.45, 7) is 0. The van der Waals surface area contributed by atoms with Gasteiger partial charge in [-0.1, -0.05) is 0 Å². The van der Waals surface area contributed by atoms with E-state index in [0.717, 1.165) is 0 Å². The molecule has 0 aromatic carbocycles. The van der Waals surface area contributed by atoms with E-state index >= 15 is 0 Å². The number of rotatable bonds is 0. The van der Waals surface area contributed by atoms with E-state index in [9.17, 15) is 0 Å². The van der Waals surface area contributed by atoms with E-state index in [2.05, 4.69) is 15.4 Å². The maximum atomic E-state index is 5.17. The summed E-state index contributed by atoms with van der Waals surface area (Å²) in [6, 6.07) is 0. The van der Waals surface area contributed by atoms with Crippen LogP contribution in [0.5, 0.6) is 0 Å². The Hall–Kier alpha value is -0.251. The number of nitrogens with two attached hydrogens (primary N) is 1. The topological polar surface area (TPSA) is 63.1 Å². The van der Waals surface area contributed by atoms with Gasteiger partial charge < -0.3 is 0 Å². The van der Waals surface area contributed by atoms with Crippen molar-refractivity contribution in [1.82, 2.24) is 0 Å². The molecule has 1 heterocycles. The molecule has 0 aromatic heterocycles. The third-order valence-corrected chi connectivity index (χ3v) is 0.687. The molecule has 1 unspecified atom stereocenters. The van der Waals surface area contributed by atoms with Gasteiger partial charge in [0.1, 0.15) is 0 Å². The SMILES string of the molecule is N[C]1([Cu])C=NN=N1. The quantitative estimate of drug-likeness (QED) is 0.465. The molecule has 0 aliphatic carbocycles. The van der Waals surface area contributed by atoms with Crippen LogP contribution in [0.2, 0.25) is 0 Å². The van der Waals surface area contributed by atoms with Crippen LogP contribution < -0.4 is 5.73 Å². The molecule has 1 atom stereocenters. The van der Waals surface area contributed by atoms with Gasteiger partial charge in [0.2, 0.25) is 0 Å². The molecule has 42 valence electrons. The summed E-state index contributed by atoms with van der Waals surface area (Å²) in [5, 5.41) is 9.89. The molecule has 0 bridgehead atoms. The molecule has 7 heavy (non-hydrogen) atoms. The van der Waals surface area contributed by atoms with Crippen molar-refractivity contribution in [2.75, 3.05) is 0 Å². The molecule has 4 nitrogen and oxygen atoms in total. The van der Waals surface area contributed by atoms with Crippen molar-refractivity contribution in [3.63, 3.8) is 0 Å². The summed E-state index contributed by atoms with van der Waals surface area (Å²) in [5.41, 5.74) is 5.17. The Kier molecular flexibility index (Phi) is 0.955. The van der Waals surface area contributed by atoms with E-state index < -0.39 is 4.56 Å². The van der Waals surface area contributed by atoms with Gasteiger partial charge >= 0.3 is 48.0 Å². The first-order valence-electron chi connectivity index (χ1n) is 1.61. The summed E-state index contributed by atoms with van der Waals surface area (Å²) in [5.74, 6) is 0. The first-order chi connectivity index (χ1) is 3.21. The van der Waals surface area contributed by atoms with Crippen LogP contribution in [0.3, 0.4) is 0 Å². The van der Waals surface area contributed by atoms with E-state index in [1.807, 2.05) is 0 Å². The Bertz CT molecular complexity index is 112. The van der Waals surface area contributed by atoms with Gasteiger partial charge in [0.15, 0.2) is 0 Å². The maximum absolute atomic E-state index is 5.17. The van der Waals surface area contributed by atoms with Crippen LogP contribution in [0.1, 0.15) is 0 Å². The van der Waals surface area contributed by atoms with Crippen LogP contribution in [0.25, 0.3) is 0 Å². The standard InChI is InChI=1S/C2H3N4.Cu/c3-2-1-4-6-5-2;/h1H,3H2;. The van der Waals surface area contributed by atoms with Gasteiger partial charge in [0.05, 0.1) is 0 Å². The fourth-order valence-electron chi connectivity index (χ4n) is 0.219. The van der Waals surface area contributed by atoms with Gasteiger partial charge in [0, 0.05) is 0 Å². The van der Waals surface area contributed by atoms with Crippen molar-refractivity contribution in [3.8, 4) is 0 Å².